The average molecular weight is 336 g/mol. The summed E-state index contributed by atoms with van der Waals surface area (Å²) in [5, 5.41) is 14.7. The third kappa shape index (κ3) is 2.65. The number of nitro groups is 1. The van der Waals surface area contributed by atoms with Crippen LogP contribution in [0.4, 0.5) is 11.4 Å². The van der Waals surface area contributed by atoms with Gasteiger partial charge < -0.3 is 10.1 Å². The van der Waals surface area contributed by atoms with Crippen molar-refractivity contribution in [1.29, 1.82) is 0 Å². The molecule has 0 fully saturated rings. The van der Waals surface area contributed by atoms with Crippen molar-refractivity contribution >= 4 is 11.4 Å². The van der Waals surface area contributed by atoms with Crippen LogP contribution in [0.15, 0.2) is 54.6 Å². The van der Waals surface area contributed by atoms with E-state index in [1.807, 2.05) is 31.2 Å². The van der Waals surface area contributed by atoms with Crippen LogP contribution < -0.4 is 10.1 Å². The Morgan fingerprint density at radius 3 is 2.88 bits per heavy atom. The topological polar surface area (TPSA) is 64.4 Å². The van der Waals surface area contributed by atoms with E-state index >= 15 is 0 Å². The zero-order valence-electron chi connectivity index (χ0n) is 14.0. The maximum Gasteiger partial charge on any atom is 0.269 e. The molecule has 0 amide bonds. The number of nitro benzene ring substituents is 1. The molecule has 3 atom stereocenters. The van der Waals surface area contributed by atoms with Gasteiger partial charge in [0.15, 0.2) is 0 Å². The molecule has 2 aromatic carbocycles. The average Bonchev–Trinajstić information content (AvgIpc) is 3.11. The number of para-hydroxylation sites is 1. The van der Waals surface area contributed by atoms with E-state index in [9.17, 15) is 10.1 Å². The Balaban J connectivity index is 1.77. The standard InChI is InChI=1S/C20H20N2O3/c1-2-25-19-9-4-3-6-16(19)20-15-8-5-7-14(15)17-12-13(22(23)24)10-11-18(17)21-20/h3-7,9-12,14-15,20-21H,2,8H2,1H3. The van der Waals surface area contributed by atoms with E-state index in [-0.39, 0.29) is 22.6 Å². The molecule has 1 N–H and O–H groups in total. The maximum atomic E-state index is 11.1. The second-order valence-corrected chi connectivity index (χ2v) is 6.48. The molecule has 0 spiro atoms. The molecule has 1 aliphatic carbocycles. The molecule has 0 bridgehead atoms. The summed E-state index contributed by atoms with van der Waals surface area (Å²) < 4.78 is 5.83. The van der Waals surface area contributed by atoms with Gasteiger partial charge in [-0.1, -0.05) is 30.4 Å². The van der Waals surface area contributed by atoms with E-state index in [0.29, 0.717) is 12.5 Å². The van der Waals surface area contributed by atoms with E-state index in [0.717, 1.165) is 29.0 Å². The quantitative estimate of drug-likeness (QED) is 0.494. The largest absolute Gasteiger partial charge is 0.494 e. The van der Waals surface area contributed by atoms with E-state index in [1.54, 1.807) is 12.1 Å². The molecule has 0 aromatic heterocycles. The Morgan fingerprint density at radius 2 is 2.08 bits per heavy atom. The van der Waals surface area contributed by atoms with Crippen LogP contribution in [0.5, 0.6) is 5.75 Å². The number of fused-ring (bicyclic) bond motifs is 3. The van der Waals surface area contributed by atoms with Gasteiger partial charge in [0.25, 0.3) is 5.69 Å². The number of nitrogens with one attached hydrogen (secondary N) is 1. The van der Waals surface area contributed by atoms with Crippen LogP contribution in [0.25, 0.3) is 0 Å². The minimum absolute atomic E-state index is 0.122. The van der Waals surface area contributed by atoms with Gasteiger partial charge in [-0.05, 0) is 37.0 Å². The molecule has 128 valence electrons. The molecule has 0 saturated carbocycles. The second kappa shape index (κ2) is 6.24. The van der Waals surface area contributed by atoms with Gasteiger partial charge in [-0.25, -0.2) is 0 Å². The molecule has 0 saturated heterocycles. The molecule has 1 aliphatic heterocycles. The third-order valence-corrected chi connectivity index (χ3v) is 5.11. The molecule has 0 radical (unpaired) electrons. The first-order chi connectivity index (χ1) is 12.2. The van der Waals surface area contributed by atoms with Crippen molar-refractivity contribution in [1.82, 2.24) is 0 Å². The highest BCUT2D eigenvalue weighted by atomic mass is 16.6. The fourth-order valence-corrected chi connectivity index (χ4v) is 4.03. The highest BCUT2D eigenvalue weighted by Crippen LogP contribution is 2.51. The molecule has 5 nitrogen and oxygen atoms in total. The van der Waals surface area contributed by atoms with Gasteiger partial charge in [0, 0.05) is 29.3 Å². The summed E-state index contributed by atoms with van der Waals surface area (Å²) in [6.45, 7) is 2.61. The Kier molecular flexibility index (Phi) is 3.92. The predicted molar refractivity (Wildman–Crippen MR) is 97.1 cm³/mol. The van der Waals surface area contributed by atoms with Gasteiger partial charge in [-0.3, -0.25) is 10.1 Å². The van der Waals surface area contributed by atoms with E-state index in [2.05, 4.69) is 23.5 Å². The fourth-order valence-electron chi connectivity index (χ4n) is 4.03. The van der Waals surface area contributed by atoms with Gasteiger partial charge in [-0.15, -0.1) is 0 Å². The van der Waals surface area contributed by atoms with E-state index < -0.39 is 0 Å². The van der Waals surface area contributed by atoms with Crippen molar-refractivity contribution in [2.24, 2.45) is 5.92 Å². The zero-order chi connectivity index (χ0) is 17.4. The predicted octanol–water partition coefficient (Wildman–Crippen LogP) is 4.82. The van der Waals surface area contributed by atoms with E-state index in [1.165, 1.54) is 0 Å². The lowest BCUT2D eigenvalue weighted by Gasteiger charge is -2.37. The summed E-state index contributed by atoms with van der Waals surface area (Å²) in [7, 11) is 0. The van der Waals surface area contributed by atoms with Crippen molar-refractivity contribution in [2.45, 2.75) is 25.3 Å². The molecule has 2 aliphatic rings. The number of nitrogens with zero attached hydrogens (tertiary/aromatic N) is 1. The lowest BCUT2D eigenvalue weighted by Crippen LogP contribution is -2.29. The van der Waals surface area contributed by atoms with Gasteiger partial charge in [0.2, 0.25) is 0 Å². The molecule has 25 heavy (non-hydrogen) atoms. The number of ether oxygens (including phenoxy) is 1. The fraction of sp³-hybridized carbons (Fsp3) is 0.300. The summed E-state index contributed by atoms with van der Waals surface area (Å²) in [6.07, 6.45) is 5.32. The molecule has 4 rings (SSSR count). The molecule has 2 aromatic rings. The number of non-ortho nitro benzene ring substituents is 1. The van der Waals surface area contributed by atoms with Gasteiger partial charge in [-0.2, -0.15) is 0 Å². The second-order valence-electron chi connectivity index (χ2n) is 6.48. The maximum absolute atomic E-state index is 11.1. The highest BCUT2D eigenvalue weighted by molar-refractivity contribution is 5.63. The zero-order valence-corrected chi connectivity index (χ0v) is 14.0. The van der Waals surface area contributed by atoms with Crippen LogP contribution in [0, 0.1) is 16.0 Å². The monoisotopic (exact) mass is 336 g/mol. The minimum atomic E-state index is -0.329. The number of anilines is 1. The first kappa shape index (κ1) is 15.7. The SMILES string of the molecule is CCOc1ccccc1C1Nc2ccc([N+](=O)[O-])cc2C2C=CCC21. The van der Waals surface area contributed by atoms with Crippen LogP contribution >= 0.6 is 0 Å². The van der Waals surface area contributed by atoms with Crippen LogP contribution in [-0.4, -0.2) is 11.5 Å². The highest BCUT2D eigenvalue weighted by Gasteiger charge is 2.39. The van der Waals surface area contributed by atoms with Crippen molar-refractivity contribution in [3.05, 3.63) is 75.9 Å². The summed E-state index contributed by atoms with van der Waals surface area (Å²) in [5.41, 5.74) is 3.27. The Labute approximate surface area is 146 Å². The number of benzene rings is 2. The lowest BCUT2D eigenvalue weighted by molar-refractivity contribution is -0.384. The van der Waals surface area contributed by atoms with Crippen molar-refractivity contribution in [3.63, 3.8) is 0 Å². The Bertz CT molecular complexity index is 847. The van der Waals surface area contributed by atoms with Crippen molar-refractivity contribution in [2.75, 3.05) is 11.9 Å². The van der Waals surface area contributed by atoms with Crippen molar-refractivity contribution < 1.29 is 9.66 Å². The van der Waals surface area contributed by atoms with Crippen molar-refractivity contribution in [3.8, 4) is 5.75 Å². The molecular formula is C20H20N2O3. The van der Waals surface area contributed by atoms with Crippen LogP contribution in [0.3, 0.4) is 0 Å². The third-order valence-electron chi connectivity index (χ3n) is 5.11. The normalized spacial score (nSPS) is 23.5. The number of hydrogen-bond donors (Lipinski definition) is 1. The number of hydrogen-bond acceptors (Lipinski definition) is 4. The number of rotatable bonds is 4. The summed E-state index contributed by atoms with van der Waals surface area (Å²) >= 11 is 0. The summed E-state index contributed by atoms with van der Waals surface area (Å²) in [6, 6.07) is 13.3. The van der Waals surface area contributed by atoms with Gasteiger partial charge in [0.05, 0.1) is 17.6 Å². The molecule has 3 unspecified atom stereocenters. The van der Waals surface area contributed by atoms with Gasteiger partial charge >= 0.3 is 0 Å². The minimum Gasteiger partial charge on any atom is -0.494 e. The summed E-state index contributed by atoms with van der Waals surface area (Å²) in [5.74, 6) is 1.42. The molecule has 5 heteroatoms. The Morgan fingerprint density at radius 1 is 1.24 bits per heavy atom. The summed E-state index contributed by atoms with van der Waals surface area (Å²) in [4.78, 5) is 10.8. The molecule has 1 heterocycles. The lowest BCUT2D eigenvalue weighted by atomic mass is 9.76. The van der Waals surface area contributed by atoms with Crippen LogP contribution in [0.2, 0.25) is 0 Å². The van der Waals surface area contributed by atoms with Crippen LogP contribution in [-0.2, 0) is 0 Å². The molecular weight excluding hydrogens is 316 g/mol. The van der Waals surface area contributed by atoms with Gasteiger partial charge in [0.1, 0.15) is 5.75 Å². The van der Waals surface area contributed by atoms with Crippen LogP contribution in [0.1, 0.15) is 36.4 Å². The number of allylic oxidation sites excluding steroid dienone is 2. The first-order valence-electron chi connectivity index (χ1n) is 8.62. The van der Waals surface area contributed by atoms with E-state index in [4.69, 9.17) is 4.74 Å². The first-order valence-corrected chi connectivity index (χ1v) is 8.62. The smallest absolute Gasteiger partial charge is 0.269 e. The Hall–Kier alpha value is -2.82.